The lowest BCUT2D eigenvalue weighted by Crippen LogP contribution is -2.37. The Morgan fingerprint density at radius 1 is 1.21 bits per heavy atom. The van der Waals surface area contributed by atoms with Crippen molar-refractivity contribution in [2.75, 3.05) is 7.05 Å². The largest absolute Gasteiger partial charge is 0.421 e. The second kappa shape index (κ2) is 7.90. The highest BCUT2D eigenvalue weighted by atomic mass is 19.4. The lowest BCUT2D eigenvalue weighted by Gasteiger charge is -2.26. The predicted octanol–water partition coefficient (Wildman–Crippen LogP) is 2.67. The quantitative estimate of drug-likeness (QED) is 0.654. The monoisotopic (exact) mass is 405 g/mol. The van der Waals surface area contributed by atoms with Gasteiger partial charge in [0.15, 0.2) is 0 Å². The van der Waals surface area contributed by atoms with Crippen LogP contribution >= 0.6 is 0 Å². The van der Waals surface area contributed by atoms with Gasteiger partial charge in [-0.15, -0.1) is 0 Å². The maximum absolute atomic E-state index is 12.9. The molecule has 7 nitrogen and oxygen atoms in total. The summed E-state index contributed by atoms with van der Waals surface area (Å²) in [6.45, 7) is 1.30. The molecule has 2 heterocycles. The summed E-state index contributed by atoms with van der Waals surface area (Å²) in [5, 5.41) is 4.03. The number of hydrogen-bond donors (Lipinski definition) is 0. The van der Waals surface area contributed by atoms with Gasteiger partial charge in [0, 0.05) is 13.2 Å². The van der Waals surface area contributed by atoms with Gasteiger partial charge in [0.2, 0.25) is 5.91 Å². The van der Waals surface area contributed by atoms with Gasteiger partial charge in [0.05, 0.1) is 11.7 Å². The van der Waals surface area contributed by atoms with E-state index in [1.165, 1.54) is 24.5 Å². The number of halogens is 3. The molecule has 10 heteroatoms. The molecule has 1 aromatic carbocycles. The Kier molecular flexibility index (Phi) is 5.53. The minimum absolute atomic E-state index is 0.353. The van der Waals surface area contributed by atoms with E-state index < -0.39 is 29.8 Å². The topological polar surface area (TPSA) is 73.0 Å². The van der Waals surface area contributed by atoms with E-state index in [-0.39, 0.29) is 6.04 Å². The molecule has 3 rings (SSSR count). The summed E-state index contributed by atoms with van der Waals surface area (Å²) in [5.41, 5.74) is -0.928. The average Bonchev–Trinajstić information content (AvgIpc) is 3.22. The van der Waals surface area contributed by atoms with Crippen molar-refractivity contribution in [2.45, 2.75) is 25.7 Å². The summed E-state index contributed by atoms with van der Waals surface area (Å²) >= 11 is 0. The number of benzene rings is 1. The molecule has 1 atom stereocenters. The van der Waals surface area contributed by atoms with Crippen LogP contribution in [0.4, 0.5) is 13.2 Å². The number of aromatic nitrogens is 4. The summed E-state index contributed by atoms with van der Waals surface area (Å²) in [4.78, 5) is 29.8. The second-order valence-electron chi connectivity index (χ2n) is 6.46. The van der Waals surface area contributed by atoms with Crippen molar-refractivity contribution in [3.05, 3.63) is 76.7 Å². The Balaban J connectivity index is 1.74. The number of carbonyl (C=O) groups is 1. The number of carbonyl (C=O) groups excluding carboxylic acids is 1. The SMILES string of the molecule is CC(c1ccc(-n2cncn2)cc1)N(C)C(=O)Cn1cccc(C(F)(F)F)c1=O. The fourth-order valence-electron chi connectivity index (χ4n) is 2.82. The Hall–Kier alpha value is -3.43. The van der Waals surface area contributed by atoms with Crippen LogP contribution in [0.5, 0.6) is 0 Å². The minimum Gasteiger partial charge on any atom is -0.337 e. The molecule has 2 aromatic heterocycles. The third kappa shape index (κ3) is 4.36. The van der Waals surface area contributed by atoms with Gasteiger partial charge in [0.25, 0.3) is 5.56 Å². The summed E-state index contributed by atoms with van der Waals surface area (Å²) in [7, 11) is 1.54. The molecule has 29 heavy (non-hydrogen) atoms. The summed E-state index contributed by atoms with van der Waals surface area (Å²) in [5.74, 6) is -0.487. The van der Waals surface area contributed by atoms with E-state index in [9.17, 15) is 22.8 Å². The maximum Gasteiger partial charge on any atom is 0.421 e. The molecule has 3 aromatic rings. The molecule has 1 unspecified atom stereocenters. The molecule has 0 spiro atoms. The maximum atomic E-state index is 12.9. The zero-order valence-electron chi connectivity index (χ0n) is 15.7. The predicted molar refractivity (Wildman–Crippen MR) is 98.2 cm³/mol. The third-order valence-corrected chi connectivity index (χ3v) is 4.66. The van der Waals surface area contributed by atoms with Gasteiger partial charge in [-0.1, -0.05) is 12.1 Å². The van der Waals surface area contributed by atoms with Gasteiger partial charge in [0.1, 0.15) is 24.8 Å². The summed E-state index contributed by atoms with van der Waals surface area (Å²) < 4.78 is 41.0. The third-order valence-electron chi connectivity index (χ3n) is 4.66. The van der Waals surface area contributed by atoms with Crippen LogP contribution in [-0.4, -0.2) is 37.2 Å². The Bertz CT molecular complexity index is 1040. The van der Waals surface area contributed by atoms with Crippen LogP contribution < -0.4 is 5.56 Å². The molecule has 1 amide bonds. The van der Waals surface area contributed by atoms with Crippen molar-refractivity contribution in [1.82, 2.24) is 24.2 Å². The van der Waals surface area contributed by atoms with Crippen molar-refractivity contribution in [3.8, 4) is 5.69 Å². The highest BCUT2D eigenvalue weighted by Gasteiger charge is 2.34. The minimum atomic E-state index is -4.77. The van der Waals surface area contributed by atoms with E-state index in [0.717, 1.165) is 21.9 Å². The Morgan fingerprint density at radius 2 is 1.90 bits per heavy atom. The molecule has 0 radical (unpaired) electrons. The first-order valence-electron chi connectivity index (χ1n) is 8.65. The smallest absolute Gasteiger partial charge is 0.337 e. The number of alkyl halides is 3. The van der Waals surface area contributed by atoms with Gasteiger partial charge in [-0.3, -0.25) is 9.59 Å². The molecule has 152 valence electrons. The fraction of sp³-hybridized carbons (Fsp3) is 0.263. The standard InChI is InChI=1S/C19H18F3N5O2/c1-13(14-5-7-15(8-6-14)27-12-23-11-24-27)25(2)17(28)10-26-9-3-4-16(18(26)29)19(20,21)22/h3-9,11-13H,10H2,1-2H3. The molecule has 0 aliphatic rings. The van der Waals surface area contributed by atoms with E-state index in [4.69, 9.17) is 0 Å². The van der Waals surface area contributed by atoms with Crippen LogP contribution in [0.2, 0.25) is 0 Å². The molecule has 0 N–H and O–H groups in total. The molecule has 0 saturated carbocycles. The number of hydrogen-bond acceptors (Lipinski definition) is 4. The van der Waals surface area contributed by atoms with E-state index >= 15 is 0 Å². The first kappa shape index (κ1) is 20.3. The van der Waals surface area contributed by atoms with Gasteiger partial charge >= 0.3 is 6.18 Å². The number of rotatable bonds is 5. The first-order chi connectivity index (χ1) is 13.7. The number of amides is 1. The Morgan fingerprint density at radius 3 is 2.48 bits per heavy atom. The molecular weight excluding hydrogens is 387 g/mol. The van der Waals surface area contributed by atoms with Gasteiger partial charge in [-0.2, -0.15) is 18.3 Å². The second-order valence-corrected chi connectivity index (χ2v) is 6.46. The lowest BCUT2D eigenvalue weighted by molar-refractivity contribution is -0.139. The highest BCUT2D eigenvalue weighted by Crippen LogP contribution is 2.26. The van der Waals surface area contributed by atoms with Crippen LogP contribution in [0, 0.1) is 0 Å². The fourth-order valence-corrected chi connectivity index (χ4v) is 2.82. The average molecular weight is 405 g/mol. The molecule has 0 aliphatic heterocycles. The Labute approximate surface area is 164 Å². The van der Waals surface area contributed by atoms with Gasteiger partial charge in [-0.25, -0.2) is 9.67 Å². The van der Waals surface area contributed by atoms with Crippen LogP contribution in [0.15, 0.2) is 60.0 Å². The van der Waals surface area contributed by atoms with Crippen LogP contribution in [0.3, 0.4) is 0 Å². The van der Waals surface area contributed by atoms with E-state index in [2.05, 4.69) is 10.1 Å². The summed E-state index contributed by atoms with van der Waals surface area (Å²) in [6.07, 6.45) is -0.630. The molecule has 0 bridgehead atoms. The van der Waals surface area contributed by atoms with E-state index in [0.29, 0.717) is 6.07 Å². The first-order valence-corrected chi connectivity index (χ1v) is 8.65. The number of pyridine rings is 1. The lowest BCUT2D eigenvalue weighted by atomic mass is 10.1. The van der Waals surface area contributed by atoms with Gasteiger partial charge in [-0.05, 0) is 36.8 Å². The van der Waals surface area contributed by atoms with Crippen LogP contribution in [-0.2, 0) is 17.5 Å². The van der Waals surface area contributed by atoms with Crippen molar-refractivity contribution in [2.24, 2.45) is 0 Å². The highest BCUT2D eigenvalue weighted by molar-refractivity contribution is 5.76. The van der Waals surface area contributed by atoms with Crippen LogP contribution in [0.1, 0.15) is 24.1 Å². The summed E-state index contributed by atoms with van der Waals surface area (Å²) in [6, 6.07) is 8.72. The van der Waals surface area contributed by atoms with Crippen molar-refractivity contribution < 1.29 is 18.0 Å². The normalized spacial score (nSPS) is 12.6. The van der Waals surface area contributed by atoms with E-state index in [1.807, 2.05) is 24.3 Å². The zero-order valence-corrected chi connectivity index (χ0v) is 15.7. The van der Waals surface area contributed by atoms with Crippen molar-refractivity contribution in [3.63, 3.8) is 0 Å². The zero-order chi connectivity index (χ0) is 21.2. The number of nitrogens with zero attached hydrogens (tertiary/aromatic N) is 5. The van der Waals surface area contributed by atoms with Crippen molar-refractivity contribution in [1.29, 1.82) is 0 Å². The van der Waals surface area contributed by atoms with Crippen molar-refractivity contribution >= 4 is 5.91 Å². The van der Waals surface area contributed by atoms with Gasteiger partial charge < -0.3 is 9.47 Å². The van der Waals surface area contributed by atoms with E-state index in [1.54, 1.807) is 17.9 Å². The molecular formula is C19H18F3N5O2. The molecule has 0 aliphatic carbocycles. The van der Waals surface area contributed by atoms with Crippen LogP contribution in [0.25, 0.3) is 5.69 Å². The number of likely N-dealkylation sites (N-methyl/N-ethyl adjacent to an activating group) is 1. The molecule has 0 fully saturated rings. The molecule has 0 saturated heterocycles.